The smallest absolute Gasteiger partial charge is 0.252 e. The zero-order valence-electron chi connectivity index (χ0n) is 23.9. The van der Waals surface area contributed by atoms with Crippen molar-refractivity contribution in [2.45, 2.75) is 77.0 Å². The first kappa shape index (κ1) is 26.5. The lowest BCUT2D eigenvalue weighted by molar-refractivity contribution is 0.119. The second kappa shape index (κ2) is 10.7. The third kappa shape index (κ3) is 4.64. The molecule has 1 aliphatic heterocycles. The van der Waals surface area contributed by atoms with Gasteiger partial charge in [0.1, 0.15) is 5.52 Å². The molecule has 1 saturated heterocycles. The van der Waals surface area contributed by atoms with E-state index < -0.39 is 0 Å². The van der Waals surface area contributed by atoms with Gasteiger partial charge in [-0.3, -0.25) is 24.3 Å². The van der Waals surface area contributed by atoms with Crippen molar-refractivity contribution in [1.29, 1.82) is 5.26 Å². The Morgan fingerprint density at radius 1 is 1.05 bits per heavy atom. The number of rotatable bonds is 6. The highest BCUT2D eigenvalue weighted by Gasteiger charge is 2.35. The number of fused-ring (bicyclic) bond motifs is 2. The first-order valence-corrected chi connectivity index (χ1v) is 14.5. The number of pyridine rings is 1. The van der Waals surface area contributed by atoms with Crippen molar-refractivity contribution in [2.75, 3.05) is 18.0 Å². The molecule has 9 nitrogen and oxygen atoms in total. The Kier molecular flexibility index (Phi) is 7.05. The van der Waals surface area contributed by atoms with E-state index >= 15 is 0 Å². The number of benzene rings is 1. The number of nitriles is 1. The maximum absolute atomic E-state index is 13.1. The van der Waals surface area contributed by atoms with Crippen molar-refractivity contribution in [2.24, 2.45) is 13.0 Å². The molecular formula is C31H38N8O. The molecule has 0 spiro atoms. The van der Waals surface area contributed by atoms with E-state index in [-0.39, 0.29) is 29.7 Å². The fourth-order valence-corrected chi connectivity index (χ4v) is 6.97. The van der Waals surface area contributed by atoms with Gasteiger partial charge in [-0.1, -0.05) is 18.9 Å². The van der Waals surface area contributed by atoms with Gasteiger partial charge in [-0.05, 0) is 57.2 Å². The fraction of sp³-hybridized carbons (Fsp3) is 0.516. The summed E-state index contributed by atoms with van der Waals surface area (Å²) in [5.41, 5.74) is 5.58. The molecule has 2 fully saturated rings. The van der Waals surface area contributed by atoms with E-state index in [0.717, 1.165) is 53.7 Å². The van der Waals surface area contributed by atoms with Gasteiger partial charge in [-0.2, -0.15) is 10.4 Å². The summed E-state index contributed by atoms with van der Waals surface area (Å²) in [6.45, 7) is 8.40. The average molecular weight is 539 g/mol. The van der Waals surface area contributed by atoms with Gasteiger partial charge in [0.15, 0.2) is 0 Å². The number of hydrogen-bond acceptors (Lipinski definition) is 7. The van der Waals surface area contributed by atoms with Crippen molar-refractivity contribution in [3.63, 3.8) is 0 Å². The molecule has 2 unspecified atom stereocenters. The van der Waals surface area contributed by atoms with Gasteiger partial charge in [0.25, 0.3) is 5.56 Å². The third-order valence-electron chi connectivity index (χ3n) is 9.31. The molecule has 1 aromatic carbocycles. The normalized spacial score (nSPS) is 22.1. The summed E-state index contributed by atoms with van der Waals surface area (Å²) < 4.78 is 3.68. The van der Waals surface area contributed by atoms with E-state index in [4.69, 9.17) is 5.10 Å². The van der Waals surface area contributed by atoms with Crippen LogP contribution >= 0.6 is 0 Å². The second-order valence-corrected chi connectivity index (χ2v) is 11.8. The van der Waals surface area contributed by atoms with Crippen molar-refractivity contribution in [3.8, 4) is 6.07 Å². The van der Waals surface area contributed by atoms with Crippen LogP contribution in [0.4, 0.5) is 5.69 Å². The third-order valence-corrected chi connectivity index (χ3v) is 9.31. The Balaban J connectivity index is 1.31. The van der Waals surface area contributed by atoms with Gasteiger partial charge in [-0.25, -0.2) is 0 Å². The van der Waals surface area contributed by atoms with E-state index in [0.29, 0.717) is 12.3 Å². The molecule has 0 radical (unpaired) electrons. The van der Waals surface area contributed by atoms with Crippen molar-refractivity contribution in [3.05, 3.63) is 58.8 Å². The van der Waals surface area contributed by atoms with Gasteiger partial charge >= 0.3 is 0 Å². The van der Waals surface area contributed by atoms with Crippen LogP contribution in [-0.2, 0) is 7.05 Å². The Bertz CT molecular complexity index is 1630. The summed E-state index contributed by atoms with van der Waals surface area (Å²) in [7, 11) is 1.81. The first-order valence-electron chi connectivity index (χ1n) is 14.5. The maximum atomic E-state index is 13.1. The lowest BCUT2D eigenvalue weighted by Gasteiger charge is -2.47. The summed E-state index contributed by atoms with van der Waals surface area (Å²) in [6.07, 6.45) is 10.6. The molecule has 0 amide bonds. The highest BCUT2D eigenvalue weighted by Crippen LogP contribution is 2.38. The summed E-state index contributed by atoms with van der Waals surface area (Å²) in [4.78, 5) is 27.0. The molecule has 0 N–H and O–H groups in total. The molecule has 4 atom stereocenters. The van der Waals surface area contributed by atoms with Gasteiger partial charge in [0, 0.05) is 62.9 Å². The number of aryl methyl sites for hydroxylation is 1. The van der Waals surface area contributed by atoms with Gasteiger partial charge in [0.05, 0.1) is 40.8 Å². The molecule has 4 heterocycles. The Morgan fingerprint density at radius 3 is 2.55 bits per heavy atom. The molecule has 6 rings (SSSR count). The highest BCUT2D eigenvalue weighted by atomic mass is 16.1. The molecule has 0 bridgehead atoms. The number of piperazine rings is 1. The van der Waals surface area contributed by atoms with Crippen LogP contribution in [0.5, 0.6) is 0 Å². The highest BCUT2D eigenvalue weighted by molar-refractivity contribution is 5.88. The van der Waals surface area contributed by atoms with Gasteiger partial charge < -0.3 is 9.47 Å². The fourth-order valence-electron chi connectivity index (χ4n) is 6.97. The molecule has 40 heavy (non-hydrogen) atoms. The van der Waals surface area contributed by atoms with E-state index in [1.165, 1.54) is 18.4 Å². The van der Waals surface area contributed by atoms with Crippen molar-refractivity contribution >= 4 is 27.8 Å². The van der Waals surface area contributed by atoms with Crippen LogP contribution in [0.2, 0.25) is 0 Å². The number of anilines is 1. The van der Waals surface area contributed by atoms with Crippen LogP contribution in [0, 0.1) is 17.2 Å². The molecule has 2 aliphatic rings. The van der Waals surface area contributed by atoms with Crippen LogP contribution in [0.15, 0.2) is 47.7 Å². The topological polar surface area (TPSA) is 95.9 Å². The van der Waals surface area contributed by atoms with E-state index in [2.05, 4.69) is 64.8 Å². The van der Waals surface area contributed by atoms with Crippen LogP contribution in [0.25, 0.3) is 22.1 Å². The monoisotopic (exact) mass is 538 g/mol. The van der Waals surface area contributed by atoms with Crippen molar-refractivity contribution < 1.29 is 0 Å². The Hall–Kier alpha value is -3.77. The summed E-state index contributed by atoms with van der Waals surface area (Å²) in [6, 6.07) is 11.2. The lowest BCUT2D eigenvalue weighted by Crippen LogP contribution is -2.57. The van der Waals surface area contributed by atoms with E-state index in [9.17, 15) is 10.1 Å². The molecule has 9 heteroatoms. The predicted octanol–water partition coefficient (Wildman–Crippen LogP) is 4.98. The quantitative estimate of drug-likeness (QED) is 0.341. The largest absolute Gasteiger partial charge is 0.364 e. The first-order chi connectivity index (χ1) is 19.4. The zero-order chi connectivity index (χ0) is 28.0. The van der Waals surface area contributed by atoms with Gasteiger partial charge in [-0.15, -0.1) is 0 Å². The SMILES string of the molecule is CC(c1ccc2nccnc2c1)N1C[C@H](C)N(c2cc(=O)n(C)c3cn(C(CC#N)C4CCCC4)nc23)C[C@H]1C. The van der Waals surface area contributed by atoms with Crippen LogP contribution in [0.3, 0.4) is 0 Å². The predicted molar refractivity (Wildman–Crippen MR) is 157 cm³/mol. The van der Waals surface area contributed by atoms with E-state index in [1.54, 1.807) is 23.0 Å². The van der Waals surface area contributed by atoms with Crippen LogP contribution < -0.4 is 10.5 Å². The maximum Gasteiger partial charge on any atom is 0.252 e. The second-order valence-electron chi connectivity index (χ2n) is 11.8. The summed E-state index contributed by atoms with van der Waals surface area (Å²) in [5.74, 6) is 0.458. The molecule has 1 saturated carbocycles. The van der Waals surface area contributed by atoms with Crippen LogP contribution in [0.1, 0.15) is 70.5 Å². The zero-order valence-corrected chi connectivity index (χ0v) is 23.9. The van der Waals surface area contributed by atoms with Crippen LogP contribution in [-0.4, -0.2) is 54.4 Å². The number of aromatic nitrogens is 5. The molecule has 3 aromatic heterocycles. The number of nitrogens with zero attached hydrogens (tertiary/aromatic N) is 8. The molecular weight excluding hydrogens is 500 g/mol. The van der Waals surface area contributed by atoms with Gasteiger partial charge in [0.2, 0.25) is 0 Å². The average Bonchev–Trinajstić information content (AvgIpc) is 3.65. The minimum absolute atomic E-state index is 0.0346. The minimum Gasteiger partial charge on any atom is -0.364 e. The number of hydrogen-bond donors (Lipinski definition) is 0. The van der Waals surface area contributed by atoms with Crippen molar-refractivity contribution in [1.82, 2.24) is 29.2 Å². The van der Waals surface area contributed by atoms with E-state index in [1.807, 2.05) is 17.9 Å². The lowest BCUT2D eigenvalue weighted by atomic mass is 9.96. The standard InChI is InChI=1S/C31H38N8O/c1-20-18-38(21(2)17-37(20)22(3)24-9-10-25-26(15-24)34-14-13-33-25)28-16-30(40)36(4)29-19-39(35-31(28)29)27(11-12-32)23-7-5-6-8-23/h9-10,13-16,19-23,27H,5-8,11,17-18H2,1-4H3/t20-,21+,22?,27?/m1/s1. The molecule has 4 aromatic rings. The Labute approximate surface area is 235 Å². The minimum atomic E-state index is -0.0346. The summed E-state index contributed by atoms with van der Waals surface area (Å²) >= 11 is 0. The molecule has 208 valence electrons. The summed E-state index contributed by atoms with van der Waals surface area (Å²) in [5, 5.41) is 14.7. The Morgan fingerprint density at radius 2 is 1.80 bits per heavy atom. The molecule has 1 aliphatic carbocycles.